The molecule has 0 spiro atoms. The van der Waals surface area contributed by atoms with E-state index in [9.17, 15) is 4.79 Å². The molecule has 0 unspecified atom stereocenters. The molecule has 0 aliphatic heterocycles. The summed E-state index contributed by atoms with van der Waals surface area (Å²) >= 11 is 12.5. The predicted octanol–water partition coefficient (Wildman–Crippen LogP) is 4.08. The largest absolute Gasteiger partial charge is 0.309 e. The van der Waals surface area contributed by atoms with E-state index in [1.54, 1.807) is 16.8 Å². The molecule has 88 valence electrons. The van der Waals surface area contributed by atoms with Gasteiger partial charge in [-0.15, -0.1) is 0 Å². The SMILES string of the molecule is O=c1c(Br)cc(Br)cn1Cc1cccc(Cl)c1. The Morgan fingerprint density at radius 3 is 2.71 bits per heavy atom. The summed E-state index contributed by atoms with van der Waals surface area (Å²) in [6.07, 6.45) is 1.76. The summed E-state index contributed by atoms with van der Waals surface area (Å²) in [5.74, 6) is 0. The number of benzene rings is 1. The van der Waals surface area contributed by atoms with Gasteiger partial charge in [-0.25, -0.2) is 0 Å². The fraction of sp³-hybridized carbons (Fsp3) is 0.0833. The van der Waals surface area contributed by atoms with Crippen LogP contribution in [0.3, 0.4) is 0 Å². The van der Waals surface area contributed by atoms with Gasteiger partial charge < -0.3 is 4.57 Å². The molecule has 0 fully saturated rings. The van der Waals surface area contributed by atoms with Gasteiger partial charge in [-0.3, -0.25) is 4.79 Å². The van der Waals surface area contributed by atoms with Gasteiger partial charge in [0.2, 0.25) is 0 Å². The molecule has 0 saturated carbocycles. The summed E-state index contributed by atoms with van der Waals surface area (Å²) < 4.78 is 3.01. The lowest BCUT2D eigenvalue weighted by Gasteiger charge is -2.07. The summed E-state index contributed by atoms with van der Waals surface area (Å²) in [6.45, 7) is 0.497. The van der Waals surface area contributed by atoms with Gasteiger partial charge in [0.15, 0.2) is 0 Å². The van der Waals surface area contributed by atoms with Crippen molar-refractivity contribution in [1.29, 1.82) is 0 Å². The van der Waals surface area contributed by atoms with Crippen LogP contribution in [0.4, 0.5) is 0 Å². The Bertz CT molecular complexity index is 610. The molecule has 0 atom stereocenters. The molecule has 2 nitrogen and oxygen atoms in total. The first-order chi connectivity index (χ1) is 8.06. The first kappa shape index (κ1) is 12.9. The second-order valence-corrected chi connectivity index (χ2v) is 5.78. The Kier molecular flexibility index (Phi) is 4.07. The number of aromatic nitrogens is 1. The molecule has 2 aromatic rings. The number of pyridine rings is 1. The quantitative estimate of drug-likeness (QED) is 0.773. The maximum absolute atomic E-state index is 11.9. The monoisotopic (exact) mass is 375 g/mol. The molecule has 0 N–H and O–H groups in total. The average Bonchev–Trinajstić information content (AvgIpc) is 2.25. The van der Waals surface area contributed by atoms with E-state index in [1.165, 1.54) is 0 Å². The summed E-state index contributed by atoms with van der Waals surface area (Å²) in [7, 11) is 0. The minimum absolute atomic E-state index is 0.0619. The fourth-order valence-electron chi connectivity index (χ4n) is 1.51. The van der Waals surface area contributed by atoms with Crippen LogP contribution in [-0.4, -0.2) is 4.57 Å². The molecule has 0 aliphatic rings. The maximum atomic E-state index is 11.9. The van der Waals surface area contributed by atoms with Gasteiger partial charge in [-0.1, -0.05) is 23.7 Å². The van der Waals surface area contributed by atoms with Gasteiger partial charge in [0.05, 0.1) is 11.0 Å². The van der Waals surface area contributed by atoms with E-state index in [1.807, 2.05) is 24.3 Å². The standard InChI is InChI=1S/C12H8Br2ClNO/c13-9-5-11(14)12(17)16(7-9)6-8-2-1-3-10(15)4-8/h1-5,7H,6H2. The van der Waals surface area contributed by atoms with E-state index in [2.05, 4.69) is 31.9 Å². The smallest absolute Gasteiger partial charge is 0.265 e. The van der Waals surface area contributed by atoms with Crippen LogP contribution in [0.5, 0.6) is 0 Å². The molecule has 0 saturated heterocycles. The van der Waals surface area contributed by atoms with Gasteiger partial charge in [-0.2, -0.15) is 0 Å². The highest BCUT2D eigenvalue weighted by atomic mass is 79.9. The summed E-state index contributed by atoms with van der Waals surface area (Å²) in [6, 6.07) is 9.20. The zero-order valence-corrected chi connectivity index (χ0v) is 12.6. The fourth-order valence-corrected chi connectivity index (χ4v) is 2.98. The van der Waals surface area contributed by atoms with E-state index in [0.717, 1.165) is 10.0 Å². The van der Waals surface area contributed by atoms with Crippen molar-refractivity contribution < 1.29 is 0 Å². The van der Waals surface area contributed by atoms with Gasteiger partial charge in [0.25, 0.3) is 5.56 Å². The van der Waals surface area contributed by atoms with E-state index >= 15 is 0 Å². The normalized spacial score (nSPS) is 10.5. The van der Waals surface area contributed by atoms with Crippen molar-refractivity contribution in [3.8, 4) is 0 Å². The summed E-state index contributed by atoms with van der Waals surface area (Å²) in [4.78, 5) is 11.9. The molecule has 5 heteroatoms. The molecular weight excluding hydrogens is 369 g/mol. The van der Waals surface area contributed by atoms with Gasteiger partial charge in [0.1, 0.15) is 0 Å². The molecular formula is C12H8Br2ClNO. The topological polar surface area (TPSA) is 22.0 Å². The van der Waals surface area contributed by atoms with Crippen molar-refractivity contribution in [3.63, 3.8) is 0 Å². The highest BCUT2D eigenvalue weighted by Crippen LogP contribution is 2.15. The third-order valence-electron chi connectivity index (χ3n) is 2.25. The molecule has 0 radical (unpaired) electrons. The summed E-state index contributed by atoms with van der Waals surface area (Å²) in [5.41, 5.74) is 0.928. The number of halogens is 3. The van der Waals surface area contributed by atoms with Crippen molar-refractivity contribution in [2.45, 2.75) is 6.54 Å². The first-order valence-electron chi connectivity index (χ1n) is 4.86. The lowest BCUT2D eigenvalue weighted by molar-refractivity contribution is 0.752. The summed E-state index contributed by atoms with van der Waals surface area (Å²) in [5, 5.41) is 0.671. The van der Waals surface area contributed by atoms with Crippen LogP contribution in [0.2, 0.25) is 5.02 Å². The minimum Gasteiger partial charge on any atom is -0.309 e. The Hall–Kier alpha value is -0.580. The predicted molar refractivity (Wildman–Crippen MR) is 76.7 cm³/mol. The molecule has 17 heavy (non-hydrogen) atoms. The Balaban J connectivity index is 2.40. The zero-order chi connectivity index (χ0) is 12.4. The van der Waals surface area contributed by atoms with Crippen LogP contribution >= 0.6 is 43.5 Å². The number of hydrogen-bond donors (Lipinski definition) is 0. The Morgan fingerprint density at radius 1 is 1.24 bits per heavy atom. The van der Waals surface area contributed by atoms with Crippen molar-refractivity contribution in [3.05, 3.63) is 66.4 Å². The highest BCUT2D eigenvalue weighted by Gasteiger charge is 2.04. The van der Waals surface area contributed by atoms with Crippen molar-refractivity contribution >= 4 is 43.5 Å². The van der Waals surface area contributed by atoms with Crippen LogP contribution < -0.4 is 5.56 Å². The molecule has 0 bridgehead atoms. The second kappa shape index (κ2) is 5.38. The van der Waals surface area contributed by atoms with Gasteiger partial charge in [-0.05, 0) is 55.6 Å². The van der Waals surface area contributed by atoms with Crippen LogP contribution in [-0.2, 0) is 6.54 Å². The first-order valence-corrected chi connectivity index (χ1v) is 6.82. The van der Waals surface area contributed by atoms with Crippen molar-refractivity contribution in [2.24, 2.45) is 0 Å². The van der Waals surface area contributed by atoms with Crippen LogP contribution in [0.1, 0.15) is 5.56 Å². The molecule has 0 amide bonds. The minimum atomic E-state index is -0.0619. The highest BCUT2D eigenvalue weighted by molar-refractivity contribution is 9.11. The maximum Gasteiger partial charge on any atom is 0.265 e. The van der Waals surface area contributed by atoms with Crippen molar-refractivity contribution in [1.82, 2.24) is 4.57 Å². The van der Waals surface area contributed by atoms with Crippen LogP contribution in [0, 0.1) is 0 Å². The number of hydrogen-bond acceptors (Lipinski definition) is 1. The second-order valence-electron chi connectivity index (χ2n) is 3.57. The van der Waals surface area contributed by atoms with E-state index in [-0.39, 0.29) is 5.56 Å². The Labute approximate surface area is 120 Å². The third kappa shape index (κ3) is 3.21. The van der Waals surface area contributed by atoms with Gasteiger partial charge >= 0.3 is 0 Å². The van der Waals surface area contributed by atoms with E-state index in [0.29, 0.717) is 16.0 Å². The Morgan fingerprint density at radius 2 is 2.00 bits per heavy atom. The molecule has 2 rings (SSSR count). The van der Waals surface area contributed by atoms with Gasteiger partial charge in [0, 0.05) is 15.7 Å². The molecule has 0 aliphatic carbocycles. The zero-order valence-electron chi connectivity index (χ0n) is 8.66. The lowest BCUT2D eigenvalue weighted by atomic mass is 10.2. The number of rotatable bonds is 2. The van der Waals surface area contributed by atoms with Crippen LogP contribution in [0.15, 0.2) is 50.3 Å². The number of nitrogens with zero attached hydrogens (tertiary/aromatic N) is 1. The van der Waals surface area contributed by atoms with E-state index < -0.39 is 0 Å². The third-order valence-corrected chi connectivity index (χ3v) is 3.49. The van der Waals surface area contributed by atoms with Crippen molar-refractivity contribution in [2.75, 3.05) is 0 Å². The van der Waals surface area contributed by atoms with E-state index in [4.69, 9.17) is 11.6 Å². The molecule has 1 aromatic carbocycles. The lowest BCUT2D eigenvalue weighted by Crippen LogP contribution is -2.20. The molecule has 1 aromatic heterocycles. The molecule has 1 heterocycles. The average molecular weight is 377 g/mol. The van der Waals surface area contributed by atoms with Crippen LogP contribution in [0.25, 0.3) is 0 Å².